The van der Waals surface area contributed by atoms with E-state index in [4.69, 9.17) is 5.11 Å². The fourth-order valence-corrected chi connectivity index (χ4v) is 2.27. The zero-order chi connectivity index (χ0) is 13.1. The molecule has 0 saturated heterocycles. The Morgan fingerprint density at radius 3 is 2.76 bits per heavy atom. The fraction of sp³-hybridized carbons (Fsp3) is 0.300. The van der Waals surface area contributed by atoms with E-state index in [1.165, 1.54) is 28.8 Å². The van der Waals surface area contributed by atoms with Crippen molar-refractivity contribution in [1.82, 2.24) is 4.31 Å². The molecule has 1 aromatic rings. The minimum Gasteiger partial charge on any atom is -0.478 e. The first kappa shape index (κ1) is 13.9. The highest BCUT2D eigenvalue weighted by molar-refractivity contribution is 7.88. The molecule has 0 saturated carbocycles. The summed E-state index contributed by atoms with van der Waals surface area (Å²) in [4.78, 5) is 11.1. The molecule has 0 aromatic carbocycles. The van der Waals surface area contributed by atoms with E-state index in [-0.39, 0.29) is 6.54 Å². The summed E-state index contributed by atoms with van der Waals surface area (Å²) in [7, 11) is -1.69. The molecule has 1 aromatic heterocycles. The Balaban J connectivity index is 2.73. The third-order valence-corrected chi connectivity index (χ3v) is 4.24. The van der Waals surface area contributed by atoms with Gasteiger partial charge in [-0.05, 0) is 23.1 Å². The summed E-state index contributed by atoms with van der Waals surface area (Å²) >= 11 is 1.37. The molecule has 94 valence electrons. The van der Waals surface area contributed by atoms with Crippen LogP contribution in [-0.4, -0.2) is 37.1 Å². The SMILES string of the molecule is CN(Cc1csc(C=CC(=O)O)c1)S(C)(=O)=O. The number of nitrogens with zero attached hydrogens (tertiary/aromatic N) is 1. The number of thiophene rings is 1. The Morgan fingerprint density at radius 2 is 2.24 bits per heavy atom. The van der Waals surface area contributed by atoms with Gasteiger partial charge in [0.25, 0.3) is 0 Å². The van der Waals surface area contributed by atoms with Crippen molar-refractivity contribution < 1.29 is 18.3 Å². The largest absolute Gasteiger partial charge is 0.478 e. The number of carboxylic acid groups (broad SMARTS) is 1. The maximum absolute atomic E-state index is 11.2. The molecule has 0 aliphatic rings. The third kappa shape index (κ3) is 4.68. The van der Waals surface area contributed by atoms with Crippen molar-refractivity contribution in [3.63, 3.8) is 0 Å². The lowest BCUT2D eigenvalue weighted by Crippen LogP contribution is -2.24. The molecule has 7 heteroatoms. The van der Waals surface area contributed by atoms with Gasteiger partial charge in [-0.3, -0.25) is 0 Å². The molecule has 0 unspecified atom stereocenters. The number of hydrogen-bond donors (Lipinski definition) is 1. The van der Waals surface area contributed by atoms with Crippen LogP contribution in [0.2, 0.25) is 0 Å². The van der Waals surface area contributed by atoms with Gasteiger partial charge in [0, 0.05) is 24.5 Å². The monoisotopic (exact) mass is 275 g/mol. The van der Waals surface area contributed by atoms with Crippen LogP contribution >= 0.6 is 11.3 Å². The predicted molar refractivity (Wildman–Crippen MR) is 67.3 cm³/mol. The second-order valence-electron chi connectivity index (χ2n) is 3.55. The van der Waals surface area contributed by atoms with Crippen LogP contribution in [0.25, 0.3) is 6.08 Å². The smallest absolute Gasteiger partial charge is 0.328 e. The molecule has 1 N–H and O–H groups in total. The Hall–Kier alpha value is -1.18. The zero-order valence-corrected chi connectivity index (χ0v) is 11.1. The predicted octanol–water partition coefficient (Wildman–Crippen LogP) is 1.24. The van der Waals surface area contributed by atoms with Gasteiger partial charge in [-0.15, -0.1) is 11.3 Å². The third-order valence-electron chi connectivity index (χ3n) is 2.04. The maximum atomic E-state index is 11.2. The second-order valence-corrected chi connectivity index (χ2v) is 6.58. The molecule has 0 aliphatic carbocycles. The number of sulfonamides is 1. The summed E-state index contributed by atoms with van der Waals surface area (Å²) < 4.78 is 23.6. The molecule has 0 atom stereocenters. The molecular weight excluding hydrogens is 262 g/mol. The summed E-state index contributed by atoms with van der Waals surface area (Å²) in [5.74, 6) is -1.01. The zero-order valence-electron chi connectivity index (χ0n) is 9.45. The molecule has 0 bridgehead atoms. The Labute approximate surface area is 104 Å². The van der Waals surface area contributed by atoms with E-state index in [9.17, 15) is 13.2 Å². The maximum Gasteiger partial charge on any atom is 0.328 e. The highest BCUT2D eigenvalue weighted by Gasteiger charge is 2.11. The summed E-state index contributed by atoms with van der Waals surface area (Å²) in [6, 6.07) is 1.77. The standard InChI is InChI=1S/C10H13NO4S2/c1-11(17(2,14)15)6-8-5-9(16-7-8)3-4-10(12)13/h3-5,7H,6H2,1-2H3,(H,12,13). The van der Waals surface area contributed by atoms with Crippen LogP contribution in [0.5, 0.6) is 0 Å². The van der Waals surface area contributed by atoms with Gasteiger partial charge >= 0.3 is 5.97 Å². The van der Waals surface area contributed by atoms with Crippen molar-refractivity contribution >= 4 is 33.4 Å². The van der Waals surface area contributed by atoms with Gasteiger partial charge in [0.2, 0.25) is 10.0 Å². The van der Waals surface area contributed by atoms with E-state index in [2.05, 4.69) is 0 Å². The topological polar surface area (TPSA) is 74.7 Å². The molecule has 5 nitrogen and oxygen atoms in total. The molecule has 0 fully saturated rings. The number of carboxylic acids is 1. The molecule has 1 heterocycles. The molecule has 1 rings (SSSR count). The van der Waals surface area contributed by atoms with Crippen molar-refractivity contribution in [2.45, 2.75) is 6.54 Å². The van der Waals surface area contributed by atoms with Crippen molar-refractivity contribution in [3.8, 4) is 0 Å². The van der Waals surface area contributed by atoms with Gasteiger partial charge in [-0.25, -0.2) is 17.5 Å². The van der Waals surface area contributed by atoms with Crippen molar-refractivity contribution in [2.24, 2.45) is 0 Å². The number of rotatable bonds is 5. The van der Waals surface area contributed by atoms with Crippen LogP contribution in [0.15, 0.2) is 17.5 Å². The summed E-state index contributed by atoms with van der Waals surface area (Å²) in [5, 5.41) is 10.3. The van der Waals surface area contributed by atoms with Gasteiger partial charge in [0.1, 0.15) is 0 Å². The van der Waals surface area contributed by atoms with Crippen LogP contribution < -0.4 is 0 Å². The molecule has 0 amide bonds. The lowest BCUT2D eigenvalue weighted by atomic mass is 10.3. The molecule has 0 aliphatic heterocycles. The first-order valence-electron chi connectivity index (χ1n) is 4.69. The van der Waals surface area contributed by atoms with Gasteiger partial charge in [-0.2, -0.15) is 0 Å². The highest BCUT2D eigenvalue weighted by Crippen LogP contribution is 2.18. The van der Waals surface area contributed by atoms with E-state index in [1.54, 1.807) is 6.07 Å². The number of hydrogen-bond acceptors (Lipinski definition) is 4. The van der Waals surface area contributed by atoms with Gasteiger partial charge in [-0.1, -0.05) is 0 Å². The van der Waals surface area contributed by atoms with Crippen molar-refractivity contribution in [3.05, 3.63) is 28.0 Å². The van der Waals surface area contributed by atoms with Crippen LogP contribution in [-0.2, 0) is 21.4 Å². The van der Waals surface area contributed by atoms with Gasteiger partial charge in [0.05, 0.1) is 6.26 Å². The van der Waals surface area contributed by atoms with E-state index in [0.29, 0.717) is 0 Å². The van der Waals surface area contributed by atoms with E-state index in [1.807, 2.05) is 5.38 Å². The van der Waals surface area contributed by atoms with E-state index >= 15 is 0 Å². The highest BCUT2D eigenvalue weighted by atomic mass is 32.2. The molecule has 17 heavy (non-hydrogen) atoms. The molecule has 0 spiro atoms. The Bertz CT molecular complexity index is 530. The average Bonchev–Trinajstić information content (AvgIpc) is 2.61. The van der Waals surface area contributed by atoms with E-state index < -0.39 is 16.0 Å². The minimum atomic E-state index is -3.19. The summed E-state index contributed by atoms with van der Waals surface area (Å²) in [6.45, 7) is 0.288. The molecule has 0 radical (unpaired) electrons. The van der Waals surface area contributed by atoms with Crippen molar-refractivity contribution in [2.75, 3.05) is 13.3 Å². The minimum absolute atomic E-state index is 0.288. The fourth-order valence-electron chi connectivity index (χ4n) is 1.09. The van der Waals surface area contributed by atoms with E-state index in [0.717, 1.165) is 22.8 Å². The Kier molecular flexibility index (Phi) is 4.44. The lowest BCUT2D eigenvalue weighted by Gasteiger charge is -2.12. The number of carbonyl (C=O) groups is 1. The average molecular weight is 275 g/mol. The van der Waals surface area contributed by atoms with Gasteiger partial charge < -0.3 is 5.11 Å². The normalized spacial score (nSPS) is 12.4. The van der Waals surface area contributed by atoms with Crippen LogP contribution in [0.3, 0.4) is 0 Å². The van der Waals surface area contributed by atoms with Gasteiger partial charge in [0.15, 0.2) is 0 Å². The van der Waals surface area contributed by atoms with Crippen molar-refractivity contribution in [1.29, 1.82) is 0 Å². The first-order chi connectivity index (χ1) is 7.79. The summed E-state index contributed by atoms with van der Waals surface area (Å²) in [6.07, 6.45) is 3.68. The quantitative estimate of drug-likeness (QED) is 0.820. The molecular formula is C10H13NO4S2. The van der Waals surface area contributed by atoms with Crippen LogP contribution in [0.4, 0.5) is 0 Å². The lowest BCUT2D eigenvalue weighted by molar-refractivity contribution is -0.131. The number of aliphatic carboxylic acids is 1. The Morgan fingerprint density at radius 1 is 1.59 bits per heavy atom. The second kappa shape index (κ2) is 5.44. The van der Waals surface area contributed by atoms with Crippen LogP contribution in [0, 0.1) is 0 Å². The van der Waals surface area contributed by atoms with Crippen LogP contribution in [0.1, 0.15) is 10.4 Å². The summed E-state index contributed by atoms with van der Waals surface area (Å²) in [5.41, 5.74) is 0.841. The first-order valence-corrected chi connectivity index (χ1v) is 7.41.